The fourth-order valence-electron chi connectivity index (χ4n) is 1.51. The lowest BCUT2D eigenvalue weighted by atomic mass is 10.00. The smallest absolute Gasteiger partial charge is 0.0506 e. The number of nitrogens with zero attached hydrogens (tertiary/aromatic N) is 1. The van der Waals surface area contributed by atoms with E-state index in [1.54, 1.807) is 7.11 Å². The molecule has 0 spiro atoms. The van der Waals surface area contributed by atoms with Gasteiger partial charge in [-0.25, -0.2) is 5.01 Å². The molecule has 0 saturated carbocycles. The molecule has 0 amide bonds. The Hall–Kier alpha value is -0.120. The van der Waals surface area contributed by atoms with Gasteiger partial charge in [-0.2, -0.15) is 0 Å². The highest BCUT2D eigenvalue weighted by Crippen LogP contribution is 2.19. The molecule has 0 unspecified atom stereocenters. The third-order valence-corrected chi connectivity index (χ3v) is 2.18. The van der Waals surface area contributed by atoms with E-state index in [9.17, 15) is 0 Å². The van der Waals surface area contributed by atoms with Crippen LogP contribution in [0, 0.1) is 11.8 Å². The highest BCUT2D eigenvalue weighted by Gasteiger charge is 2.27. The van der Waals surface area contributed by atoms with E-state index >= 15 is 0 Å². The summed E-state index contributed by atoms with van der Waals surface area (Å²) < 4.78 is 5.06. The highest BCUT2D eigenvalue weighted by molar-refractivity contribution is 4.77. The lowest BCUT2D eigenvalue weighted by Gasteiger charge is -2.11. The van der Waals surface area contributed by atoms with Crippen LogP contribution >= 0.6 is 0 Å². The fourth-order valence-corrected chi connectivity index (χ4v) is 1.51. The van der Waals surface area contributed by atoms with Gasteiger partial charge in [0.2, 0.25) is 0 Å². The summed E-state index contributed by atoms with van der Waals surface area (Å²) in [5, 5.41) is 1.87. The molecule has 3 nitrogen and oxygen atoms in total. The lowest BCUT2D eigenvalue weighted by molar-refractivity contribution is 0.140. The molecule has 0 bridgehead atoms. The third kappa shape index (κ3) is 1.68. The molecule has 0 aromatic rings. The van der Waals surface area contributed by atoms with E-state index in [-0.39, 0.29) is 0 Å². The van der Waals surface area contributed by atoms with Gasteiger partial charge in [-0.1, -0.05) is 6.92 Å². The van der Waals surface area contributed by atoms with Gasteiger partial charge in [-0.15, -0.1) is 0 Å². The topological polar surface area (TPSA) is 38.5 Å². The Balaban J connectivity index is 2.31. The molecule has 1 aliphatic rings. The van der Waals surface area contributed by atoms with Crippen LogP contribution in [0.15, 0.2) is 0 Å². The second-order valence-corrected chi connectivity index (χ2v) is 3.15. The van der Waals surface area contributed by atoms with Crippen LogP contribution in [0.5, 0.6) is 0 Å². The number of methoxy groups -OCH3 is 1. The van der Waals surface area contributed by atoms with E-state index in [2.05, 4.69) is 6.92 Å². The van der Waals surface area contributed by atoms with Crippen molar-refractivity contribution in [2.75, 3.05) is 26.8 Å². The van der Waals surface area contributed by atoms with Crippen molar-refractivity contribution in [3.8, 4) is 0 Å². The van der Waals surface area contributed by atoms with Crippen LogP contribution in [0.25, 0.3) is 0 Å². The maximum absolute atomic E-state index is 5.62. The number of ether oxygens (including phenoxy) is 1. The molecular weight excluding hydrogens is 128 g/mol. The molecular formula is C7H16N2O. The third-order valence-electron chi connectivity index (χ3n) is 2.18. The Morgan fingerprint density at radius 2 is 2.30 bits per heavy atom. The van der Waals surface area contributed by atoms with Crippen LogP contribution < -0.4 is 5.84 Å². The van der Waals surface area contributed by atoms with E-state index < -0.39 is 0 Å². The van der Waals surface area contributed by atoms with E-state index in [0.29, 0.717) is 11.8 Å². The number of hydrogen-bond donors (Lipinski definition) is 1. The van der Waals surface area contributed by atoms with E-state index in [4.69, 9.17) is 10.6 Å². The Kier molecular flexibility index (Phi) is 2.65. The van der Waals surface area contributed by atoms with Gasteiger partial charge in [-0.05, 0) is 5.92 Å². The first-order chi connectivity index (χ1) is 4.74. The van der Waals surface area contributed by atoms with Crippen LogP contribution in [0.4, 0.5) is 0 Å². The van der Waals surface area contributed by atoms with Gasteiger partial charge in [0.05, 0.1) is 6.61 Å². The Bertz CT molecular complexity index is 108. The summed E-state index contributed by atoms with van der Waals surface area (Å²) in [5.41, 5.74) is 0. The summed E-state index contributed by atoms with van der Waals surface area (Å²) in [4.78, 5) is 0. The van der Waals surface area contributed by atoms with Gasteiger partial charge < -0.3 is 4.74 Å². The highest BCUT2D eigenvalue weighted by atomic mass is 16.5. The van der Waals surface area contributed by atoms with Crippen molar-refractivity contribution in [3.63, 3.8) is 0 Å². The van der Waals surface area contributed by atoms with E-state index in [0.717, 1.165) is 19.7 Å². The van der Waals surface area contributed by atoms with E-state index in [1.165, 1.54) is 0 Å². The van der Waals surface area contributed by atoms with Crippen LogP contribution in [0.1, 0.15) is 6.92 Å². The normalized spacial score (nSPS) is 35.1. The molecule has 10 heavy (non-hydrogen) atoms. The summed E-state index contributed by atoms with van der Waals surface area (Å²) in [6, 6.07) is 0. The molecule has 1 fully saturated rings. The summed E-state index contributed by atoms with van der Waals surface area (Å²) in [7, 11) is 1.74. The van der Waals surface area contributed by atoms with Crippen molar-refractivity contribution in [2.45, 2.75) is 6.92 Å². The van der Waals surface area contributed by atoms with Gasteiger partial charge >= 0.3 is 0 Å². The molecule has 0 aromatic carbocycles. The lowest BCUT2D eigenvalue weighted by Crippen LogP contribution is -2.28. The first kappa shape index (κ1) is 7.98. The molecule has 2 atom stereocenters. The van der Waals surface area contributed by atoms with E-state index in [1.807, 2.05) is 5.01 Å². The molecule has 0 aliphatic carbocycles. The number of hydrogen-bond acceptors (Lipinski definition) is 3. The second kappa shape index (κ2) is 3.32. The van der Waals surface area contributed by atoms with Crippen molar-refractivity contribution in [3.05, 3.63) is 0 Å². The van der Waals surface area contributed by atoms with Crippen LogP contribution in [-0.4, -0.2) is 31.8 Å². The second-order valence-electron chi connectivity index (χ2n) is 3.15. The predicted octanol–water partition coefficient (Wildman–Crippen LogP) is 0.0744. The Morgan fingerprint density at radius 1 is 1.60 bits per heavy atom. The minimum Gasteiger partial charge on any atom is -0.384 e. The Morgan fingerprint density at radius 3 is 2.70 bits per heavy atom. The Labute approximate surface area is 62.1 Å². The van der Waals surface area contributed by atoms with Gasteiger partial charge in [0.1, 0.15) is 0 Å². The zero-order chi connectivity index (χ0) is 7.56. The van der Waals surface area contributed by atoms with Crippen molar-refractivity contribution >= 4 is 0 Å². The molecule has 1 saturated heterocycles. The molecule has 3 heteroatoms. The molecule has 0 aromatic heterocycles. The minimum absolute atomic E-state index is 0.634. The van der Waals surface area contributed by atoms with Gasteiger partial charge in [0.15, 0.2) is 0 Å². The molecule has 2 N–H and O–H groups in total. The molecule has 60 valence electrons. The maximum Gasteiger partial charge on any atom is 0.0506 e. The summed E-state index contributed by atoms with van der Waals surface area (Å²) in [5.74, 6) is 6.94. The predicted molar refractivity (Wildman–Crippen MR) is 40.3 cm³/mol. The summed E-state index contributed by atoms with van der Waals surface area (Å²) >= 11 is 0. The fraction of sp³-hybridized carbons (Fsp3) is 1.00. The quantitative estimate of drug-likeness (QED) is 0.558. The first-order valence-electron chi connectivity index (χ1n) is 3.72. The summed E-state index contributed by atoms with van der Waals surface area (Å²) in [6.45, 7) is 5.05. The average Bonchev–Trinajstić information content (AvgIpc) is 2.13. The van der Waals surface area contributed by atoms with Gasteiger partial charge in [0.25, 0.3) is 0 Å². The number of rotatable bonds is 2. The van der Waals surface area contributed by atoms with Crippen molar-refractivity contribution in [2.24, 2.45) is 17.7 Å². The molecule has 1 aliphatic heterocycles. The van der Waals surface area contributed by atoms with Crippen molar-refractivity contribution in [1.82, 2.24) is 5.01 Å². The van der Waals surface area contributed by atoms with Crippen LogP contribution in [0.2, 0.25) is 0 Å². The SMILES string of the molecule is COC[C@H]1CN(N)C[C@H]1C. The standard InChI is InChI=1S/C7H16N2O/c1-6-3-9(8)4-7(6)5-10-2/h6-7H,3-5,8H2,1-2H3/t6-,7-/m1/s1. The van der Waals surface area contributed by atoms with Crippen LogP contribution in [0.3, 0.4) is 0 Å². The average molecular weight is 144 g/mol. The zero-order valence-corrected chi connectivity index (χ0v) is 6.71. The first-order valence-corrected chi connectivity index (χ1v) is 3.72. The molecule has 1 heterocycles. The molecule has 1 rings (SSSR count). The van der Waals surface area contributed by atoms with Crippen molar-refractivity contribution in [1.29, 1.82) is 0 Å². The largest absolute Gasteiger partial charge is 0.384 e. The summed E-state index contributed by atoms with van der Waals surface area (Å²) in [6.07, 6.45) is 0. The van der Waals surface area contributed by atoms with Crippen molar-refractivity contribution < 1.29 is 4.74 Å². The zero-order valence-electron chi connectivity index (χ0n) is 6.71. The maximum atomic E-state index is 5.62. The van der Waals surface area contributed by atoms with Gasteiger partial charge in [0, 0.05) is 26.1 Å². The number of nitrogens with two attached hydrogens (primary N) is 1. The monoisotopic (exact) mass is 144 g/mol. The van der Waals surface area contributed by atoms with Gasteiger partial charge in [-0.3, -0.25) is 5.84 Å². The van der Waals surface area contributed by atoms with Crippen LogP contribution in [-0.2, 0) is 4.74 Å². The number of hydrazine groups is 1. The minimum atomic E-state index is 0.634. The molecule has 0 radical (unpaired) electrons.